The number of benzene rings is 1. The van der Waals surface area contributed by atoms with Crippen molar-refractivity contribution >= 4 is 28.5 Å². The highest BCUT2D eigenvalue weighted by molar-refractivity contribution is 6.31. The average molecular weight is 264 g/mol. The van der Waals surface area contributed by atoms with Crippen LogP contribution in [0.15, 0.2) is 24.4 Å². The van der Waals surface area contributed by atoms with Crippen molar-refractivity contribution in [3.05, 3.63) is 35.0 Å². The van der Waals surface area contributed by atoms with Gasteiger partial charge in [-0.3, -0.25) is 4.98 Å². The number of carbonyl (C=O) groups is 1. The monoisotopic (exact) mass is 263 g/mol. The van der Waals surface area contributed by atoms with Crippen molar-refractivity contribution in [2.24, 2.45) is 0 Å². The fraction of sp³-hybridized carbons (Fsp3) is 0.231. The van der Waals surface area contributed by atoms with E-state index in [1.165, 1.54) is 12.3 Å². The molecular formula is C13H10ClNO3. The first-order chi connectivity index (χ1) is 8.63. The first-order valence-electron chi connectivity index (χ1n) is 5.63. The highest BCUT2D eigenvalue weighted by Gasteiger charge is 2.25. The van der Waals surface area contributed by atoms with Crippen LogP contribution < -0.4 is 4.74 Å². The van der Waals surface area contributed by atoms with Gasteiger partial charge in [0.05, 0.1) is 16.7 Å². The maximum atomic E-state index is 11.1. The fourth-order valence-electron chi connectivity index (χ4n) is 1.77. The molecule has 2 aromatic rings. The molecule has 0 bridgehead atoms. The second kappa shape index (κ2) is 4.14. The number of carboxylic acid groups (broad SMARTS) is 1. The molecule has 0 atom stereocenters. The molecule has 1 heterocycles. The molecular weight excluding hydrogens is 254 g/mol. The van der Waals surface area contributed by atoms with Crippen LogP contribution in [0.2, 0.25) is 5.02 Å². The molecule has 0 aliphatic heterocycles. The molecule has 4 nitrogen and oxygen atoms in total. The van der Waals surface area contributed by atoms with E-state index in [2.05, 4.69) is 4.98 Å². The summed E-state index contributed by atoms with van der Waals surface area (Å²) in [5.41, 5.74) is 0.832. The zero-order valence-electron chi connectivity index (χ0n) is 9.39. The van der Waals surface area contributed by atoms with E-state index in [4.69, 9.17) is 21.4 Å². The number of ether oxygens (including phenoxy) is 1. The van der Waals surface area contributed by atoms with E-state index in [-0.39, 0.29) is 11.7 Å². The standard InChI is InChI=1S/C13H10ClNO3/c14-9-4-7-3-8(13(16)17)5-11(12(7)15-6-9)18-10-1-2-10/h3-6,10H,1-2H2,(H,16,17). The number of aromatic carboxylic acids is 1. The van der Waals surface area contributed by atoms with Crippen LogP contribution in [0.5, 0.6) is 5.75 Å². The van der Waals surface area contributed by atoms with Gasteiger partial charge in [0.15, 0.2) is 0 Å². The Bertz CT molecular complexity index is 637. The van der Waals surface area contributed by atoms with Crippen molar-refractivity contribution in [3.63, 3.8) is 0 Å². The molecule has 1 fully saturated rings. The molecule has 5 heteroatoms. The van der Waals surface area contributed by atoms with Gasteiger partial charge in [-0.25, -0.2) is 4.79 Å². The molecule has 1 aromatic carbocycles. The lowest BCUT2D eigenvalue weighted by atomic mass is 10.1. The van der Waals surface area contributed by atoms with Crippen molar-refractivity contribution in [1.29, 1.82) is 0 Å². The first kappa shape index (κ1) is 11.3. The Balaban J connectivity index is 2.19. The van der Waals surface area contributed by atoms with Crippen molar-refractivity contribution in [1.82, 2.24) is 4.98 Å². The van der Waals surface area contributed by atoms with E-state index >= 15 is 0 Å². The molecule has 1 aromatic heterocycles. The molecule has 0 amide bonds. The van der Waals surface area contributed by atoms with Gasteiger partial charge in [0.2, 0.25) is 0 Å². The molecule has 92 valence electrons. The molecule has 1 saturated carbocycles. The zero-order valence-corrected chi connectivity index (χ0v) is 10.1. The SMILES string of the molecule is O=C(O)c1cc(OC2CC2)c2ncc(Cl)cc2c1. The highest BCUT2D eigenvalue weighted by atomic mass is 35.5. The predicted octanol–water partition coefficient (Wildman–Crippen LogP) is 3.13. The summed E-state index contributed by atoms with van der Waals surface area (Å²) in [6.07, 6.45) is 3.73. The normalized spacial score (nSPS) is 14.7. The van der Waals surface area contributed by atoms with E-state index in [1.807, 2.05) is 0 Å². The Morgan fingerprint density at radius 2 is 2.17 bits per heavy atom. The summed E-state index contributed by atoms with van der Waals surface area (Å²) in [6, 6.07) is 4.76. The molecule has 18 heavy (non-hydrogen) atoms. The minimum absolute atomic E-state index is 0.183. The van der Waals surface area contributed by atoms with Crippen LogP contribution >= 0.6 is 11.6 Å². The zero-order chi connectivity index (χ0) is 12.7. The number of aromatic nitrogens is 1. The molecule has 0 spiro atoms. The number of carboxylic acids is 1. The lowest BCUT2D eigenvalue weighted by molar-refractivity contribution is 0.0696. The van der Waals surface area contributed by atoms with Crippen molar-refractivity contribution in [2.45, 2.75) is 18.9 Å². The molecule has 0 saturated heterocycles. The largest absolute Gasteiger partial charge is 0.488 e. The molecule has 0 unspecified atom stereocenters. The van der Waals surface area contributed by atoms with Crippen molar-refractivity contribution in [3.8, 4) is 5.75 Å². The first-order valence-corrected chi connectivity index (χ1v) is 6.00. The van der Waals surface area contributed by atoms with Gasteiger partial charge in [0.25, 0.3) is 0 Å². The van der Waals surface area contributed by atoms with Gasteiger partial charge in [0, 0.05) is 11.6 Å². The molecule has 0 radical (unpaired) electrons. The Labute approximate surface area is 108 Å². The summed E-state index contributed by atoms with van der Waals surface area (Å²) in [7, 11) is 0. The fourth-order valence-corrected chi connectivity index (χ4v) is 1.93. The van der Waals surface area contributed by atoms with Crippen LogP contribution in [0, 0.1) is 0 Å². The van der Waals surface area contributed by atoms with Crippen LogP contribution in [0.4, 0.5) is 0 Å². The minimum Gasteiger partial charge on any atom is -0.488 e. The Kier molecular flexibility index (Phi) is 2.59. The van der Waals surface area contributed by atoms with Gasteiger partial charge in [-0.15, -0.1) is 0 Å². The Hall–Kier alpha value is -1.81. The molecule has 3 rings (SSSR count). The van der Waals surface area contributed by atoms with Crippen LogP contribution in [0.25, 0.3) is 10.9 Å². The van der Waals surface area contributed by atoms with Gasteiger partial charge < -0.3 is 9.84 Å². The third kappa shape index (κ3) is 2.11. The summed E-state index contributed by atoms with van der Waals surface area (Å²) in [6.45, 7) is 0. The van der Waals surface area contributed by atoms with Crippen molar-refractivity contribution < 1.29 is 14.6 Å². The minimum atomic E-state index is -0.988. The maximum absolute atomic E-state index is 11.1. The molecule has 1 N–H and O–H groups in total. The van der Waals surface area contributed by atoms with Crippen LogP contribution in [-0.4, -0.2) is 22.2 Å². The quantitative estimate of drug-likeness (QED) is 0.924. The van der Waals surface area contributed by atoms with E-state index in [1.54, 1.807) is 12.1 Å². The predicted molar refractivity (Wildman–Crippen MR) is 67.4 cm³/mol. The Morgan fingerprint density at radius 1 is 1.39 bits per heavy atom. The van der Waals surface area contributed by atoms with E-state index < -0.39 is 5.97 Å². The topological polar surface area (TPSA) is 59.4 Å². The second-order valence-electron chi connectivity index (χ2n) is 4.32. The third-order valence-electron chi connectivity index (χ3n) is 2.78. The average Bonchev–Trinajstić information content (AvgIpc) is 3.12. The van der Waals surface area contributed by atoms with Gasteiger partial charge in [-0.1, -0.05) is 11.6 Å². The molecule has 1 aliphatic carbocycles. The lowest BCUT2D eigenvalue weighted by Crippen LogP contribution is -2.02. The summed E-state index contributed by atoms with van der Waals surface area (Å²) in [5, 5.41) is 10.2. The maximum Gasteiger partial charge on any atom is 0.335 e. The number of pyridine rings is 1. The summed E-state index contributed by atoms with van der Waals surface area (Å²) < 4.78 is 5.70. The van der Waals surface area contributed by atoms with Crippen LogP contribution in [0.1, 0.15) is 23.2 Å². The highest BCUT2D eigenvalue weighted by Crippen LogP contribution is 2.33. The number of fused-ring (bicyclic) bond motifs is 1. The summed E-state index contributed by atoms with van der Waals surface area (Å²) in [5.74, 6) is -0.471. The van der Waals surface area contributed by atoms with E-state index in [0.717, 1.165) is 12.8 Å². The van der Waals surface area contributed by atoms with Gasteiger partial charge >= 0.3 is 5.97 Å². The van der Waals surface area contributed by atoms with Gasteiger partial charge in [-0.2, -0.15) is 0 Å². The van der Waals surface area contributed by atoms with Crippen molar-refractivity contribution in [2.75, 3.05) is 0 Å². The number of halogens is 1. The Morgan fingerprint density at radius 3 is 2.83 bits per heavy atom. The number of hydrogen-bond acceptors (Lipinski definition) is 3. The molecule has 1 aliphatic rings. The number of hydrogen-bond donors (Lipinski definition) is 1. The van der Waals surface area contributed by atoms with Crippen LogP contribution in [0.3, 0.4) is 0 Å². The van der Waals surface area contributed by atoms with Crippen LogP contribution in [-0.2, 0) is 0 Å². The lowest BCUT2D eigenvalue weighted by Gasteiger charge is -2.09. The van der Waals surface area contributed by atoms with Gasteiger partial charge in [0.1, 0.15) is 11.3 Å². The third-order valence-corrected chi connectivity index (χ3v) is 2.99. The smallest absolute Gasteiger partial charge is 0.335 e. The second-order valence-corrected chi connectivity index (χ2v) is 4.76. The van der Waals surface area contributed by atoms with E-state index in [9.17, 15) is 4.79 Å². The summed E-state index contributed by atoms with van der Waals surface area (Å²) >= 11 is 5.87. The van der Waals surface area contributed by atoms with Gasteiger partial charge in [-0.05, 0) is 31.0 Å². The summed E-state index contributed by atoms with van der Waals surface area (Å²) in [4.78, 5) is 15.3. The van der Waals surface area contributed by atoms with E-state index in [0.29, 0.717) is 21.7 Å². The number of rotatable bonds is 3. The number of nitrogens with zero attached hydrogens (tertiary/aromatic N) is 1.